The van der Waals surface area contributed by atoms with Gasteiger partial charge in [0, 0.05) is 39.5 Å². The number of thioether (sulfide) groups is 2. The summed E-state index contributed by atoms with van der Waals surface area (Å²) in [5, 5.41) is 14.9. The Hall–Kier alpha value is 0.290. The molecule has 1 N–H and O–H groups in total. The number of thiazole rings is 1. The van der Waals surface area contributed by atoms with E-state index in [1.807, 2.05) is 28.9 Å². The van der Waals surface area contributed by atoms with Crippen LogP contribution >= 0.6 is 34.9 Å². The largest absolute Gasteiger partial charge is 0.392 e. The summed E-state index contributed by atoms with van der Waals surface area (Å²) < 4.78 is 0. The second-order valence-corrected chi connectivity index (χ2v) is 8.13. The first kappa shape index (κ1) is 12.7. The van der Waals surface area contributed by atoms with Crippen LogP contribution in [0.5, 0.6) is 0 Å². The lowest BCUT2D eigenvalue weighted by atomic mass is 10.2. The third-order valence-electron chi connectivity index (χ3n) is 2.87. The number of rotatable bonds is 3. The Bertz CT molecular complexity index is 317. The van der Waals surface area contributed by atoms with Crippen molar-refractivity contribution in [3.05, 3.63) is 16.6 Å². The summed E-state index contributed by atoms with van der Waals surface area (Å²) in [6.07, 6.45) is 2.26. The Balaban J connectivity index is 1.88. The summed E-state index contributed by atoms with van der Waals surface area (Å²) in [6.45, 7) is 4.52. The SMILES string of the molecule is CC1SCC(C(O)Cc2nccs2)SC1C. The highest BCUT2D eigenvalue weighted by Gasteiger charge is 2.30. The van der Waals surface area contributed by atoms with Gasteiger partial charge in [-0.3, -0.25) is 0 Å². The average molecular weight is 275 g/mol. The van der Waals surface area contributed by atoms with E-state index in [1.54, 1.807) is 17.5 Å². The van der Waals surface area contributed by atoms with E-state index < -0.39 is 0 Å². The zero-order valence-electron chi connectivity index (χ0n) is 9.50. The predicted octanol–water partition coefficient (Wildman–Crippen LogP) is 2.67. The minimum Gasteiger partial charge on any atom is -0.392 e. The average Bonchev–Trinajstić information content (AvgIpc) is 2.74. The lowest BCUT2D eigenvalue weighted by molar-refractivity contribution is 0.177. The van der Waals surface area contributed by atoms with Gasteiger partial charge in [-0.25, -0.2) is 4.98 Å². The fraction of sp³-hybridized carbons (Fsp3) is 0.727. The molecule has 1 aliphatic rings. The van der Waals surface area contributed by atoms with E-state index in [0.717, 1.165) is 10.8 Å². The molecular formula is C11H17NOS3. The van der Waals surface area contributed by atoms with E-state index in [0.29, 0.717) is 22.2 Å². The lowest BCUT2D eigenvalue weighted by Gasteiger charge is -2.33. The van der Waals surface area contributed by atoms with Gasteiger partial charge in [-0.1, -0.05) is 13.8 Å². The zero-order valence-corrected chi connectivity index (χ0v) is 11.9. The first-order chi connectivity index (χ1) is 7.66. The molecule has 1 saturated heterocycles. The predicted molar refractivity (Wildman–Crippen MR) is 74.6 cm³/mol. The molecule has 1 aliphatic heterocycles. The lowest BCUT2D eigenvalue weighted by Crippen LogP contribution is -2.35. The third-order valence-corrected chi connectivity index (χ3v) is 7.21. The van der Waals surface area contributed by atoms with Crippen molar-refractivity contribution >= 4 is 34.9 Å². The van der Waals surface area contributed by atoms with Crippen LogP contribution in [0.1, 0.15) is 18.9 Å². The second-order valence-electron chi connectivity index (χ2n) is 4.12. The molecule has 0 saturated carbocycles. The van der Waals surface area contributed by atoms with Gasteiger partial charge in [0.2, 0.25) is 0 Å². The molecule has 0 aromatic carbocycles. The number of hydrogen-bond acceptors (Lipinski definition) is 5. The number of aliphatic hydroxyl groups excluding tert-OH is 1. The molecule has 2 nitrogen and oxygen atoms in total. The van der Waals surface area contributed by atoms with Crippen molar-refractivity contribution < 1.29 is 5.11 Å². The van der Waals surface area contributed by atoms with Gasteiger partial charge < -0.3 is 5.11 Å². The van der Waals surface area contributed by atoms with Crippen LogP contribution in [0.2, 0.25) is 0 Å². The van der Waals surface area contributed by atoms with Crippen LogP contribution in [-0.4, -0.2) is 37.7 Å². The maximum Gasteiger partial charge on any atom is 0.0951 e. The summed E-state index contributed by atoms with van der Waals surface area (Å²) >= 11 is 5.54. The van der Waals surface area contributed by atoms with Gasteiger partial charge in [-0.15, -0.1) is 11.3 Å². The molecule has 4 atom stereocenters. The van der Waals surface area contributed by atoms with Crippen LogP contribution in [0.4, 0.5) is 0 Å². The van der Waals surface area contributed by atoms with Crippen LogP contribution in [-0.2, 0) is 6.42 Å². The molecule has 0 bridgehead atoms. The summed E-state index contributed by atoms with van der Waals surface area (Å²) in [6, 6.07) is 0. The van der Waals surface area contributed by atoms with E-state index in [-0.39, 0.29) is 6.10 Å². The van der Waals surface area contributed by atoms with E-state index in [4.69, 9.17) is 0 Å². The van der Waals surface area contributed by atoms with E-state index >= 15 is 0 Å². The second kappa shape index (κ2) is 5.76. The zero-order chi connectivity index (χ0) is 11.5. The first-order valence-electron chi connectivity index (χ1n) is 5.50. The van der Waals surface area contributed by atoms with Gasteiger partial charge in [-0.05, 0) is 0 Å². The van der Waals surface area contributed by atoms with Crippen molar-refractivity contribution in [2.75, 3.05) is 5.75 Å². The highest BCUT2D eigenvalue weighted by molar-refractivity contribution is 8.07. The highest BCUT2D eigenvalue weighted by Crippen LogP contribution is 2.37. The van der Waals surface area contributed by atoms with E-state index in [2.05, 4.69) is 18.8 Å². The van der Waals surface area contributed by atoms with Crippen molar-refractivity contribution in [3.63, 3.8) is 0 Å². The van der Waals surface area contributed by atoms with Crippen molar-refractivity contribution in [3.8, 4) is 0 Å². The van der Waals surface area contributed by atoms with Gasteiger partial charge in [-0.2, -0.15) is 23.5 Å². The number of nitrogens with zero attached hydrogens (tertiary/aromatic N) is 1. The normalized spacial score (nSPS) is 32.6. The minimum absolute atomic E-state index is 0.251. The highest BCUT2D eigenvalue weighted by atomic mass is 32.2. The van der Waals surface area contributed by atoms with Crippen molar-refractivity contribution in [1.82, 2.24) is 4.98 Å². The van der Waals surface area contributed by atoms with Crippen molar-refractivity contribution in [2.24, 2.45) is 0 Å². The molecule has 90 valence electrons. The summed E-state index contributed by atoms with van der Waals surface area (Å²) in [7, 11) is 0. The van der Waals surface area contributed by atoms with Crippen molar-refractivity contribution in [1.29, 1.82) is 0 Å². The molecule has 1 aromatic rings. The molecule has 1 fully saturated rings. The molecule has 2 heterocycles. The Morgan fingerprint density at radius 1 is 1.50 bits per heavy atom. The minimum atomic E-state index is -0.251. The van der Waals surface area contributed by atoms with Crippen LogP contribution in [0.15, 0.2) is 11.6 Å². The number of hydrogen-bond donors (Lipinski definition) is 1. The molecule has 16 heavy (non-hydrogen) atoms. The Labute approximate surface area is 109 Å². The Kier molecular flexibility index (Phi) is 4.58. The number of aliphatic hydroxyl groups is 1. The summed E-state index contributed by atoms with van der Waals surface area (Å²) in [4.78, 5) is 4.23. The van der Waals surface area contributed by atoms with Crippen LogP contribution in [0.3, 0.4) is 0 Å². The van der Waals surface area contributed by atoms with E-state index in [9.17, 15) is 5.11 Å². The van der Waals surface area contributed by atoms with Crippen LogP contribution < -0.4 is 0 Å². The monoisotopic (exact) mass is 275 g/mol. The molecule has 1 aromatic heterocycles. The summed E-state index contributed by atoms with van der Waals surface area (Å²) in [5.74, 6) is 1.06. The fourth-order valence-corrected chi connectivity index (χ4v) is 5.36. The van der Waals surface area contributed by atoms with Gasteiger partial charge in [0.1, 0.15) is 0 Å². The summed E-state index contributed by atoms with van der Waals surface area (Å²) in [5.41, 5.74) is 0. The smallest absolute Gasteiger partial charge is 0.0951 e. The maximum atomic E-state index is 10.2. The molecule has 2 rings (SSSR count). The molecular weight excluding hydrogens is 258 g/mol. The molecule has 4 unspecified atom stereocenters. The van der Waals surface area contributed by atoms with Gasteiger partial charge in [0.25, 0.3) is 0 Å². The Morgan fingerprint density at radius 2 is 2.31 bits per heavy atom. The van der Waals surface area contributed by atoms with E-state index in [1.165, 1.54) is 0 Å². The number of aromatic nitrogens is 1. The van der Waals surface area contributed by atoms with Crippen LogP contribution in [0.25, 0.3) is 0 Å². The topological polar surface area (TPSA) is 33.1 Å². The van der Waals surface area contributed by atoms with Gasteiger partial charge >= 0.3 is 0 Å². The molecule has 0 aliphatic carbocycles. The molecule has 5 heteroatoms. The first-order valence-corrected chi connectivity index (χ1v) is 8.37. The maximum absolute atomic E-state index is 10.2. The third kappa shape index (κ3) is 3.15. The standard InChI is InChI=1S/C11H17NOS3/c1-7-8(2)16-10(6-15-7)9(13)5-11-12-3-4-14-11/h3-4,7-10,13H,5-6H2,1-2H3. The van der Waals surface area contributed by atoms with Gasteiger partial charge in [0.15, 0.2) is 0 Å². The Morgan fingerprint density at radius 3 is 2.94 bits per heavy atom. The quantitative estimate of drug-likeness (QED) is 0.919. The molecule has 0 amide bonds. The van der Waals surface area contributed by atoms with Crippen molar-refractivity contribution in [2.45, 2.75) is 42.1 Å². The molecule has 0 spiro atoms. The van der Waals surface area contributed by atoms with Crippen LogP contribution in [0, 0.1) is 0 Å². The van der Waals surface area contributed by atoms with Gasteiger partial charge in [0.05, 0.1) is 11.1 Å². The fourth-order valence-electron chi connectivity index (χ4n) is 1.67. The molecule has 0 radical (unpaired) electrons.